The minimum absolute atomic E-state index is 0.402. The molecule has 4 rings (SSSR count). The van der Waals surface area contributed by atoms with Gasteiger partial charge in [-0.05, 0) is 37.2 Å². The molecule has 0 bridgehead atoms. The maximum Gasteiger partial charge on any atom is 0.227 e. The van der Waals surface area contributed by atoms with Crippen molar-refractivity contribution in [1.29, 1.82) is 0 Å². The maximum atomic E-state index is 9.06. The van der Waals surface area contributed by atoms with Crippen LogP contribution in [0.2, 0.25) is 10.0 Å². The molecule has 1 fully saturated rings. The van der Waals surface area contributed by atoms with Crippen LogP contribution in [0.25, 0.3) is 12.2 Å². The van der Waals surface area contributed by atoms with E-state index in [1.54, 1.807) is 38.8 Å². The first kappa shape index (κ1) is 32.7. The fourth-order valence-electron chi connectivity index (χ4n) is 4.47. The van der Waals surface area contributed by atoms with E-state index in [0.29, 0.717) is 39.3 Å². The molecule has 42 heavy (non-hydrogen) atoms. The molecule has 0 spiro atoms. The number of aldehydes is 1. The van der Waals surface area contributed by atoms with Crippen LogP contribution in [0.15, 0.2) is 43.2 Å². The summed E-state index contributed by atoms with van der Waals surface area (Å²) in [4.78, 5) is 23.0. The number of methoxy groups -OCH3 is 2. The molecule has 0 radical (unpaired) electrons. The number of aryl methyl sites for hydroxylation is 1. The zero-order valence-corrected chi connectivity index (χ0v) is 26.2. The number of hydrogen-bond donors (Lipinski definition) is 2. The van der Waals surface area contributed by atoms with Crippen LogP contribution in [0.4, 0.5) is 23.0 Å². The highest BCUT2D eigenvalue weighted by Crippen LogP contribution is 2.41. The summed E-state index contributed by atoms with van der Waals surface area (Å²) in [7, 11) is 5.02. The summed E-state index contributed by atoms with van der Waals surface area (Å²) in [6.07, 6.45) is 8.94. The molecular weight excluding hydrogens is 575 g/mol. The van der Waals surface area contributed by atoms with Gasteiger partial charge in [0.1, 0.15) is 17.8 Å². The smallest absolute Gasteiger partial charge is 0.227 e. The zero-order valence-electron chi connectivity index (χ0n) is 24.7. The third kappa shape index (κ3) is 8.15. The second kappa shape index (κ2) is 16.0. The van der Waals surface area contributed by atoms with Crippen LogP contribution in [0.3, 0.4) is 0 Å². The van der Waals surface area contributed by atoms with Crippen molar-refractivity contribution in [3.63, 3.8) is 0 Å². The lowest BCUT2D eigenvalue weighted by Gasteiger charge is -2.36. The van der Waals surface area contributed by atoms with Gasteiger partial charge in [0.25, 0.3) is 0 Å². The number of allylic oxidation sites excluding steroid dienone is 1. The molecule has 0 amide bonds. The molecule has 0 aliphatic carbocycles. The number of hydrogen-bond acceptors (Lipinski definition) is 9. The molecule has 2 heterocycles. The van der Waals surface area contributed by atoms with Gasteiger partial charge in [-0.3, -0.25) is 4.79 Å². The first-order valence-corrected chi connectivity index (χ1v) is 14.3. The third-order valence-electron chi connectivity index (χ3n) is 6.83. The van der Waals surface area contributed by atoms with E-state index in [2.05, 4.69) is 63.0 Å². The maximum absolute atomic E-state index is 9.06. The number of likely N-dealkylation sites (N-methyl/N-ethyl adjacent to an activating group) is 1. The number of carbonyl (C=O) groups is 1. The van der Waals surface area contributed by atoms with E-state index < -0.39 is 0 Å². The second-order valence-electron chi connectivity index (χ2n) is 9.35. The number of aromatic nitrogens is 2. The zero-order chi connectivity index (χ0) is 30.6. The highest BCUT2D eigenvalue weighted by molar-refractivity contribution is 6.39. The summed E-state index contributed by atoms with van der Waals surface area (Å²) in [5.41, 5.74) is 5.68. The fourth-order valence-corrected chi connectivity index (χ4v) is 5.09. The topological polar surface area (TPSA) is 91.9 Å². The molecule has 1 saturated heterocycles. The van der Waals surface area contributed by atoms with Crippen LogP contribution < -0.4 is 25.0 Å². The van der Waals surface area contributed by atoms with Gasteiger partial charge in [-0.15, -0.1) is 0 Å². The summed E-state index contributed by atoms with van der Waals surface area (Å²) in [6, 6.07) is 6.06. The highest BCUT2D eigenvalue weighted by atomic mass is 35.5. The number of anilines is 4. The number of piperazine rings is 1. The van der Waals surface area contributed by atoms with E-state index in [4.69, 9.17) is 37.5 Å². The van der Waals surface area contributed by atoms with Gasteiger partial charge < -0.3 is 29.9 Å². The van der Waals surface area contributed by atoms with Crippen molar-refractivity contribution in [2.45, 2.75) is 13.8 Å². The van der Waals surface area contributed by atoms with Gasteiger partial charge in [-0.25, -0.2) is 9.97 Å². The number of nitrogens with one attached hydrogen (secondary N) is 2. The second-order valence-corrected chi connectivity index (χ2v) is 10.1. The predicted octanol–water partition coefficient (Wildman–Crippen LogP) is 6.58. The highest BCUT2D eigenvalue weighted by Gasteiger charge is 2.19. The van der Waals surface area contributed by atoms with Crippen molar-refractivity contribution in [2.75, 3.05) is 69.5 Å². The average molecular weight is 614 g/mol. The molecule has 0 unspecified atom stereocenters. The van der Waals surface area contributed by atoms with E-state index in [9.17, 15) is 0 Å². The number of carbonyl (C=O) groups excluding carboxylic acids is 1. The quantitative estimate of drug-likeness (QED) is 0.194. The standard InChI is InChI=1S/C28H34Cl2N6O2.C3H4O/c1-6-35-9-11-36(12-10-35)20-13-18(2)27(22(14-20)31-3)34-28-32-16-19(17-33-28)7-8-21-25(29)23(37-4)15-24(38-5)26(21)30;1-2-3-4/h7-8,13-17,31H,6,9-12H2,1-5H3,(H,32,33,34);2-3H,1H2/b8-7+;. The van der Waals surface area contributed by atoms with Gasteiger partial charge in [0.05, 0.1) is 35.6 Å². The lowest BCUT2D eigenvalue weighted by atomic mass is 10.1. The predicted molar refractivity (Wildman–Crippen MR) is 175 cm³/mol. The molecule has 1 aliphatic heterocycles. The fraction of sp³-hybridized carbons (Fsp3) is 0.323. The summed E-state index contributed by atoms with van der Waals surface area (Å²) in [5.74, 6) is 1.46. The van der Waals surface area contributed by atoms with Gasteiger partial charge in [0.15, 0.2) is 0 Å². The van der Waals surface area contributed by atoms with Gasteiger partial charge >= 0.3 is 0 Å². The third-order valence-corrected chi connectivity index (χ3v) is 7.61. The van der Waals surface area contributed by atoms with Crippen LogP contribution in [-0.4, -0.2) is 75.1 Å². The van der Waals surface area contributed by atoms with Gasteiger partial charge in [-0.1, -0.05) is 48.9 Å². The summed E-state index contributed by atoms with van der Waals surface area (Å²) < 4.78 is 10.7. The normalized spacial score (nSPS) is 13.3. The molecule has 11 heteroatoms. The van der Waals surface area contributed by atoms with Crippen molar-refractivity contribution in [1.82, 2.24) is 14.9 Å². The number of ether oxygens (including phenoxy) is 2. The Bertz CT molecular complexity index is 1360. The number of halogens is 2. The summed E-state index contributed by atoms with van der Waals surface area (Å²) in [5, 5.41) is 7.50. The van der Waals surface area contributed by atoms with Crippen molar-refractivity contribution in [3.8, 4) is 11.5 Å². The minimum Gasteiger partial charge on any atom is -0.495 e. The van der Waals surface area contributed by atoms with Crippen molar-refractivity contribution < 1.29 is 14.3 Å². The molecule has 2 aromatic carbocycles. The molecule has 0 atom stereocenters. The SMILES string of the molecule is C=CC=O.CCN1CCN(c2cc(C)c(Nc3ncc(/C=C/c4c(Cl)c(OC)cc(OC)c4Cl)cn3)c(NC)c2)CC1. The first-order valence-electron chi connectivity index (χ1n) is 13.5. The number of rotatable bonds is 10. The van der Waals surface area contributed by atoms with Crippen LogP contribution in [0, 0.1) is 6.92 Å². The lowest BCUT2D eigenvalue weighted by molar-refractivity contribution is -0.104. The van der Waals surface area contributed by atoms with E-state index in [-0.39, 0.29) is 0 Å². The largest absolute Gasteiger partial charge is 0.495 e. The Morgan fingerprint density at radius 1 is 1.00 bits per heavy atom. The molecule has 2 N–H and O–H groups in total. The Morgan fingerprint density at radius 3 is 2.10 bits per heavy atom. The summed E-state index contributed by atoms with van der Waals surface area (Å²) in [6.45, 7) is 12.8. The van der Waals surface area contributed by atoms with Crippen molar-refractivity contribution in [2.24, 2.45) is 0 Å². The molecule has 0 saturated carbocycles. The Kier molecular flexibility index (Phi) is 12.5. The van der Waals surface area contributed by atoms with Crippen LogP contribution in [0.1, 0.15) is 23.6 Å². The molecular formula is C31H38Cl2N6O3. The van der Waals surface area contributed by atoms with Gasteiger partial charge in [0.2, 0.25) is 5.95 Å². The van der Waals surface area contributed by atoms with Gasteiger partial charge in [0, 0.05) is 68.5 Å². The van der Waals surface area contributed by atoms with E-state index in [1.807, 2.05) is 13.1 Å². The average Bonchev–Trinajstić information content (AvgIpc) is 3.02. The molecule has 224 valence electrons. The monoisotopic (exact) mass is 612 g/mol. The molecule has 1 aromatic heterocycles. The van der Waals surface area contributed by atoms with E-state index >= 15 is 0 Å². The van der Waals surface area contributed by atoms with E-state index in [1.165, 1.54) is 11.8 Å². The van der Waals surface area contributed by atoms with E-state index in [0.717, 1.165) is 55.2 Å². The van der Waals surface area contributed by atoms with Crippen molar-refractivity contribution >= 4 is 64.7 Å². The Balaban J connectivity index is 0.00000114. The Morgan fingerprint density at radius 2 is 1.60 bits per heavy atom. The number of nitrogens with zero attached hydrogens (tertiary/aromatic N) is 4. The Hall–Kier alpha value is -3.79. The lowest BCUT2D eigenvalue weighted by Crippen LogP contribution is -2.46. The van der Waals surface area contributed by atoms with Gasteiger partial charge in [-0.2, -0.15) is 0 Å². The summed E-state index contributed by atoms with van der Waals surface area (Å²) >= 11 is 12.9. The van der Waals surface area contributed by atoms with Crippen LogP contribution in [0.5, 0.6) is 11.5 Å². The molecule has 1 aliphatic rings. The molecule has 3 aromatic rings. The van der Waals surface area contributed by atoms with Crippen molar-refractivity contribution in [3.05, 3.63) is 70.0 Å². The van der Waals surface area contributed by atoms with Crippen LogP contribution >= 0.6 is 23.2 Å². The number of benzene rings is 2. The Labute approximate surface area is 258 Å². The first-order chi connectivity index (χ1) is 20.3. The molecule has 9 nitrogen and oxygen atoms in total. The van der Waals surface area contributed by atoms with Crippen LogP contribution in [-0.2, 0) is 4.79 Å². The minimum atomic E-state index is 0.402.